The van der Waals surface area contributed by atoms with Crippen molar-refractivity contribution in [2.75, 3.05) is 40.5 Å². The Balaban J connectivity index is 1.51. The summed E-state index contributed by atoms with van der Waals surface area (Å²) in [7, 11) is 3.29. The second kappa shape index (κ2) is 9.49. The molecule has 1 aromatic heterocycles. The summed E-state index contributed by atoms with van der Waals surface area (Å²) in [4.78, 5) is 28.2. The molecule has 2 aromatic carbocycles. The molecule has 1 atom stereocenters. The van der Waals surface area contributed by atoms with E-state index in [2.05, 4.69) is 11.4 Å². The smallest absolute Gasteiger partial charge is 0.261 e. The number of thiophene rings is 1. The topological polar surface area (TPSA) is 67.9 Å². The first kappa shape index (κ1) is 21.3. The molecular formula is C24H26N2O4S. The van der Waals surface area contributed by atoms with Crippen LogP contribution < -0.4 is 10.1 Å². The van der Waals surface area contributed by atoms with Gasteiger partial charge in [0.25, 0.3) is 11.8 Å². The Labute approximate surface area is 185 Å². The van der Waals surface area contributed by atoms with E-state index in [1.54, 1.807) is 26.3 Å². The zero-order valence-electron chi connectivity index (χ0n) is 17.7. The fourth-order valence-electron chi connectivity index (χ4n) is 4.05. The van der Waals surface area contributed by atoms with Gasteiger partial charge in [0, 0.05) is 43.4 Å². The van der Waals surface area contributed by atoms with Gasteiger partial charge < -0.3 is 19.7 Å². The summed E-state index contributed by atoms with van der Waals surface area (Å²) in [5, 5.41) is 3.87. The Morgan fingerprint density at radius 1 is 1.13 bits per heavy atom. The maximum Gasteiger partial charge on any atom is 0.261 e. The Bertz CT molecular complexity index is 1080. The number of fused-ring (bicyclic) bond motifs is 1. The van der Waals surface area contributed by atoms with Crippen molar-refractivity contribution in [3.8, 4) is 5.75 Å². The highest BCUT2D eigenvalue weighted by Crippen LogP contribution is 2.40. The lowest BCUT2D eigenvalue weighted by atomic mass is 9.95. The first-order chi connectivity index (χ1) is 15.1. The molecule has 0 spiro atoms. The minimum Gasteiger partial charge on any atom is -0.491 e. The number of rotatable bonds is 7. The van der Waals surface area contributed by atoms with Crippen LogP contribution in [-0.4, -0.2) is 57.2 Å². The molecule has 1 N–H and O–H groups in total. The fourth-order valence-corrected chi connectivity index (χ4v) is 5.29. The largest absolute Gasteiger partial charge is 0.491 e. The number of amides is 2. The number of carbonyl (C=O) groups is 2. The van der Waals surface area contributed by atoms with Crippen LogP contribution in [0, 0.1) is 0 Å². The quantitative estimate of drug-likeness (QED) is 0.568. The standard InChI is InChI=1S/C24H26N2O4S/c1-25-23(27)22-21(19-5-3-4-6-20(19)31-22)17-11-12-26(15-17)24(28)16-7-9-18(10-8-16)30-14-13-29-2/h3-10,17H,11-15H2,1-2H3,(H,25,27). The third-order valence-corrected chi connectivity index (χ3v) is 6.79. The summed E-state index contributed by atoms with van der Waals surface area (Å²) in [5.41, 5.74) is 1.71. The van der Waals surface area contributed by atoms with Crippen LogP contribution in [0.4, 0.5) is 0 Å². The number of hydrogen-bond donors (Lipinski definition) is 1. The monoisotopic (exact) mass is 438 g/mol. The van der Waals surface area contributed by atoms with Gasteiger partial charge >= 0.3 is 0 Å². The molecule has 1 aliphatic rings. The van der Waals surface area contributed by atoms with Crippen molar-refractivity contribution in [3.05, 3.63) is 64.5 Å². The summed E-state index contributed by atoms with van der Waals surface area (Å²) in [6.07, 6.45) is 0.842. The van der Waals surface area contributed by atoms with E-state index < -0.39 is 0 Å². The van der Waals surface area contributed by atoms with Crippen LogP contribution in [-0.2, 0) is 4.74 Å². The minimum absolute atomic E-state index is 0.00645. The molecule has 31 heavy (non-hydrogen) atoms. The van der Waals surface area contributed by atoms with Crippen LogP contribution in [0.5, 0.6) is 5.75 Å². The van der Waals surface area contributed by atoms with Gasteiger partial charge in [0.2, 0.25) is 0 Å². The predicted molar refractivity (Wildman–Crippen MR) is 122 cm³/mol. The second-order valence-corrected chi connectivity index (χ2v) is 8.57. The van der Waals surface area contributed by atoms with Crippen LogP contribution in [0.1, 0.15) is 37.9 Å². The predicted octanol–water partition coefficient (Wildman–Crippen LogP) is 3.92. The van der Waals surface area contributed by atoms with Crippen molar-refractivity contribution < 1.29 is 19.1 Å². The van der Waals surface area contributed by atoms with Crippen molar-refractivity contribution >= 4 is 33.2 Å². The molecule has 2 heterocycles. The van der Waals surface area contributed by atoms with E-state index in [4.69, 9.17) is 9.47 Å². The van der Waals surface area contributed by atoms with Crippen molar-refractivity contribution in [1.29, 1.82) is 0 Å². The average Bonchev–Trinajstić information content (AvgIpc) is 3.43. The highest BCUT2D eigenvalue weighted by atomic mass is 32.1. The zero-order valence-corrected chi connectivity index (χ0v) is 18.5. The maximum atomic E-state index is 13.1. The molecule has 0 bridgehead atoms. The zero-order chi connectivity index (χ0) is 21.8. The Hall–Kier alpha value is -2.90. The molecule has 4 rings (SSSR count). The van der Waals surface area contributed by atoms with Gasteiger partial charge in [0.15, 0.2) is 0 Å². The number of benzene rings is 2. The van der Waals surface area contributed by atoms with E-state index in [-0.39, 0.29) is 17.7 Å². The lowest BCUT2D eigenvalue weighted by Gasteiger charge is -2.17. The number of ether oxygens (including phenoxy) is 2. The van der Waals surface area contributed by atoms with Gasteiger partial charge in [-0.1, -0.05) is 18.2 Å². The lowest BCUT2D eigenvalue weighted by Crippen LogP contribution is -2.28. The molecule has 3 aromatic rings. The normalized spacial score (nSPS) is 15.9. The van der Waals surface area contributed by atoms with Gasteiger partial charge in [-0.15, -0.1) is 11.3 Å². The number of nitrogens with one attached hydrogen (secondary N) is 1. The number of hydrogen-bond acceptors (Lipinski definition) is 5. The lowest BCUT2D eigenvalue weighted by molar-refractivity contribution is 0.0790. The van der Waals surface area contributed by atoms with Gasteiger partial charge in [-0.25, -0.2) is 0 Å². The SMILES string of the molecule is CNC(=O)c1sc2ccccc2c1C1CCN(C(=O)c2ccc(OCCOC)cc2)C1. The summed E-state index contributed by atoms with van der Waals surface area (Å²) in [6.45, 7) is 2.27. The molecule has 1 fully saturated rings. The average molecular weight is 439 g/mol. The van der Waals surface area contributed by atoms with E-state index >= 15 is 0 Å². The number of likely N-dealkylation sites (tertiary alicyclic amines) is 1. The molecule has 6 nitrogen and oxygen atoms in total. The summed E-state index contributed by atoms with van der Waals surface area (Å²) < 4.78 is 11.7. The third kappa shape index (κ3) is 4.43. The Morgan fingerprint density at radius 3 is 2.65 bits per heavy atom. The first-order valence-electron chi connectivity index (χ1n) is 10.4. The highest BCUT2D eigenvalue weighted by Gasteiger charge is 2.32. The van der Waals surface area contributed by atoms with Crippen LogP contribution in [0.15, 0.2) is 48.5 Å². The van der Waals surface area contributed by atoms with E-state index in [1.165, 1.54) is 11.3 Å². The van der Waals surface area contributed by atoms with Crippen LogP contribution in [0.2, 0.25) is 0 Å². The molecule has 1 saturated heterocycles. The van der Waals surface area contributed by atoms with Gasteiger partial charge in [-0.2, -0.15) is 0 Å². The van der Waals surface area contributed by atoms with E-state index in [0.717, 1.165) is 26.9 Å². The molecule has 2 amide bonds. The number of carbonyl (C=O) groups excluding carboxylic acids is 2. The molecule has 7 heteroatoms. The third-order valence-electron chi connectivity index (χ3n) is 5.61. The van der Waals surface area contributed by atoms with Crippen molar-refractivity contribution in [3.63, 3.8) is 0 Å². The highest BCUT2D eigenvalue weighted by molar-refractivity contribution is 7.21. The Kier molecular flexibility index (Phi) is 6.53. The molecule has 162 valence electrons. The van der Waals surface area contributed by atoms with Crippen LogP contribution in [0.25, 0.3) is 10.1 Å². The summed E-state index contributed by atoms with van der Waals surface area (Å²) >= 11 is 1.52. The Morgan fingerprint density at radius 2 is 1.90 bits per heavy atom. The van der Waals surface area contributed by atoms with Gasteiger partial charge in [0.1, 0.15) is 12.4 Å². The van der Waals surface area contributed by atoms with Crippen LogP contribution >= 0.6 is 11.3 Å². The van der Waals surface area contributed by atoms with Gasteiger partial charge in [0.05, 0.1) is 11.5 Å². The maximum absolute atomic E-state index is 13.1. The van der Waals surface area contributed by atoms with Crippen molar-refractivity contribution in [2.24, 2.45) is 0 Å². The molecule has 0 radical (unpaired) electrons. The molecule has 0 aliphatic carbocycles. The van der Waals surface area contributed by atoms with E-state index in [1.807, 2.05) is 35.2 Å². The van der Waals surface area contributed by atoms with Crippen molar-refractivity contribution in [1.82, 2.24) is 10.2 Å². The van der Waals surface area contributed by atoms with Crippen LogP contribution in [0.3, 0.4) is 0 Å². The summed E-state index contributed by atoms with van der Waals surface area (Å²) in [5.74, 6) is 0.800. The molecular weight excluding hydrogens is 412 g/mol. The molecule has 0 saturated carbocycles. The first-order valence-corrected chi connectivity index (χ1v) is 11.2. The van der Waals surface area contributed by atoms with E-state index in [9.17, 15) is 9.59 Å². The van der Waals surface area contributed by atoms with Crippen molar-refractivity contribution in [2.45, 2.75) is 12.3 Å². The van der Waals surface area contributed by atoms with Gasteiger partial charge in [-0.05, 0) is 47.7 Å². The number of methoxy groups -OCH3 is 1. The molecule has 1 unspecified atom stereocenters. The number of nitrogens with zero attached hydrogens (tertiary/aromatic N) is 1. The summed E-state index contributed by atoms with van der Waals surface area (Å²) in [6, 6.07) is 15.3. The fraction of sp³-hybridized carbons (Fsp3) is 0.333. The second-order valence-electron chi connectivity index (χ2n) is 7.52. The molecule has 1 aliphatic heterocycles. The minimum atomic E-state index is -0.0648. The van der Waals surface area contributed by atoms with Gasteiger partial charge in [-0.3, -0.25) is 9.59 Å². The van der Waals surface area contributed by atoms with E-state index in [0.29, 0.717) is 37.6 Å².